The van der Waals surface area contributed by atoms with Gasteiger partial charge in [0.1, 0.15) is 0 Å². The van der Waals surface area contributed by atoms with Crippen molar-refractivity contribution in [2.45, 2.75) is 20.8 Å². The lowest BCUT2D eigenvalue weighted by Crippen LogP contribution is -2.49. The van der Waals surface area contributed by atoms with Crippen molar-refractivity contribution in [3.05, 3.63) is 51.8 Å². The zero-order chi connectivity index (χ0) is 21.4. The molecule has 1 aromatic heterocycles. The minimum absolute atomic E-state index is 0.0152. The predicted octanol–water partition coefficient (Wildman–Crippen LogP) is 2.18. The number of aliphatic hydroxyl groups excluding tert-OH is 1. The summed E-state index contributed by atoms with van der Waals surface area (Å²) < 4.78 is 0. The Hall–Kier alpha value is -2.90. The molecule has 1 fully saturated rings. The Bertz CT molecular complexity index is 1030. The number of aryl methyl sites for hydroxylation is 2. The molecule has 0 spiro atoms. The number of β-amino-alcohol motifs (C(OH)–C–C–N with tert-alkyl or cyclic N) is 1. The number of fused-ring (bicyclic) bond motifs is 1. The van der Waals surface area contributed by atoms with E-state index in [4.69, 9.17) is 5.11 Å². The van der Waals surface area contributed by atoms with Gasteiger partial charge >= 0.3 is 0 Å². The highest BCUT2D eigenvalue weighted by Crippen LogP contribution is 2.34. The summed E-state index contributed by atoms with van der Waals surface area (Å²) >= 11 is 0. The van der Waals surface area contributed by atoms with Gasteiger partial charge in [0.25, 0.3) is 11.8 Å². The van der Waals surface area contributed by atoms with Crippen LogP contribution < -0.4 is 5.32 Å². The largest absolute Gasteiger partial charge is 0.395 e. The van der Waals surface area contributed by atoms with Crippen LogP contribution in [-0.4, -0.2) is 71.0 Å². The number of piperazine rings is 1. The van der Waals surface area contributed by atoms with Crippen molar-refractivity contribution in [3.8, 4) is 0 Å². The Morgan fingerprint density at radius 2 is 1.90 bits per heavy atom. The number of aromatic nitrogens is 1. The monoisotopic (exact) mass is 408 g/mol. The molecule has 2 aliphatic rings. The number of H-pyrrole nitrogens is 1. The molecule has 7 heteroatoms. The van der Waals surface area contributed by atoms with E-state index in [0.29, 0.717) is 30.8 Å². The normalized spacial score (nSPS) is 18.1. The number of nitrogens with one attached hydrogen (secondary N) is 2. The maximum absolute atomic E-state index is 13.2. The molecule has 0 unspecified atom stereocenters. The Morgan fingerprint density at radius 3 is 2.60 bits per heavy atom. The second kappa shape index (κ2) is 8.08. The third-order valence-electron chi connectivity index (χ3n) is 6.01. The smallest absolute Gasteiger partial charge is 0.256 e. The fourth-order valence-corrected chi connectivity index (χ4v) is 4.31. The highest BCUT2D eigenvalue weighted by Gasteiger charge is 2.28. The highest BCUT2D eigenvalue weighted by atomic mass is 16.3. The van der Waals surface area contributed by atoms with Crippen molar-refractivity contribution in [3.63, 3.8) is 0 Å². The van der Waals surface area contributed by atoms with Crippen LogP contribution in [0.1, 0.15) is 38.4 Å². The highest BCUT2D eigenvalue weighted by molar-refractivity contribution is 6.35. The topological polar surface area (TPSA) is 88.7 Å². The van der Waals surface area contributed by atoms with Crippen molar-refractivity contribution in [2.24, 2.45) is 0 Å². The lowest BCUT2D eigenvalue weighted by atomic mass is 10.0. The number of nitrogens with zero attached hydrogens (tertiary/aromatic N) is 2. The van der Waals surface area contributed by atoms with Crippen molar-refractivity contribution in [2.75, 3.05) is 44.6 Å². The maximum Gasteiger partial charge on any atom is 0.256 e. The van der Waals surface area contributed by atoms with Crippen LogP contribution in [-0.2, 0) is 4.79 Å². The first kappa shape index (κ1) is 20.4. The van der Waals surface area contributed by atoms with Crippen LogP contribution in [0.25, 0.3) is 11.6 Å². The van der Waals surface area contributed by atoms with Crippen molar-refractivity contribution in [1.29, 1.82) is 0 Å². The number of anilines is 1. The predicted molar refractivity (Wildman–Crippen MR) is 117 cm³/mol. The zero-order valence-electron chi connectivity index (χ0n) is 17.7. The van der Waals surface area contributed by atoms with Crippen LogP contribution in [0, 0.1) is 20.8 Å². The van der Waals surface area contributed by atoms with Gasteiger partial charge in [-0.1, -0.05) is 12.1 Å². The molecule has 0 radical (unpaired) electrons. The van der Waals surface area contributed by atoms with Crippen molar-refractivity contribution in [1.82, 2.24) is 14.8 Å². The van der Waals surface area contributed by atoms with E-state index in [2.05, 4.69) is 15.2 Å². The fourth-order valence-electron chi connectivity index (χ4n) is 4.31. The molecule has 2 aromatic rings. The van der Waals surface area contributed by atoms with E-state index in [1.165, 1.54) is 0 Å². The molecule has 30 heavy (non-hydrogen) atoms. The number of carbonyl (C=O) groups excluding carboxylic acids is 2. The van der Waals surface area contributed by atoms with E-state index in [1.54, 1.807) is 0 Å². The van der Waals surface area contributed by atoms with Gasteiger partial charge < -0.3 is 20.3 Å². The second-order valence-corrected chi connectivity index (χ2v) is 8.08. The maximum atomic E-state index is 13.2. The molecule has 0 saturated carbocycles. The van der Waals surface area contributed by atoms with E-state index in [1.807, 2.05) is 49.9 Å². The second-order valence-electron chi connectivity index (χ2n) is 8.08. The van der Waals surface area contributed by atoms with Gasteiger partial charge in [-0.3, -0.25) is 14.5 Å². The molecular weight excluding hydrogens is 380 g/mol. The van der Waals surface area contributed by atoms with Gasteiger partial charge in [0.05, 0.1) is 17.7 Å². The Balaban J connectivity index is 1.60. The SMILES string of the molecule is Cc1ccc2c(c1)NC(=O)/C2=C\c1[nH]c(C)c(C(=O)N2CCN(CCO)CC2)c1C. The van der Waals surface area contributed by atoms with Gasteiger partial charge in [0, 0.05) is 55.4 Å². The molecule has 0 bridgehead atoms. The Kier molecular flexibility index (Phi) is 5.49. The van der Waals surface area contributed by atoms with Crippen LogP contribution >= 0.6 is 0 Å². The minimum atomic E-state index is -0.130. The molecule has 2 amide bonds. The van der Waals surface area contributed by atoms with Crippen molar-refractivity contribution < 1.29 is 14.7 Å². The number of rotatable bonds is 4. The molecule has 1 aromatic carbocycles. The molecule has 2 aliphatic heterocycles. The number of aliphatic hydroxyl groups is 1. The molecule has 0 aliphatic carbocycles. The molecule has 3 N–H and O–H groups in total. The van der Waals surface area contributed by atoms with Crippen LogP contribution in [0.5, 0.6) is 0 Å². The number of aromatic amines is 1. The first-order valence-electron chi connectivity index (χ1n) is 10.3. The number of carbonyl (C=O) groups is 2. The third-order valence-corrected chi connectivity index (χ3v) is 6.01. The van der Waals surface area contributed by atoms with E-state index in [0.717, 1.165) is 46.9 Å². The molecule has 1 saturated heterocycles. The van der Waals surface area contributed by atoms with Gasteiger partial charge in [-0.05, 0) is 44.0 Å². The molecule has 7 nitrogen and oxygen atoms in total. The quantitative estimate of drug-likeness (QED) is 0.677. The lowest BCUT2D eigenvalue weighted by Gasteiger charge is -2.34. The molecular formula is C23H28N4O3. The summed E-state index contributed by atoms with van der Waals surface area (Å²) in [6.45, 7) is 9.43. The Morgan fingerprint density at radius 1 is 1.17 bits per heavy atom. The van der Waals surface area contributed by atoms with Gasteiger partial charge in [-0.15, -0.1) is 0 Å². The van der Waals surface area contributed by atoms with Crippen LogP contribution in [0.2, 0.25) is 0 Å². The van der Waals surface area contributed by atoms with Crippen molar-refractivity contribution >= 4 is 29.2 Å². The number of amides is 2. The van der Waals surface area contributed by atoms with Gasteiger partial charge in [-0.2, -0.15) is 0 Å². The number of benzene rings is 1. The van der Waals surface area contributed by atoms with Crippen LogP contribution in [0.15, 0.2) is 18.2 Å². The van der Waals surface area contributed by atoms with Crippen LogP contribution in [0.4, 0.5) is 5.69 Å². The third kappa shape index (κ3) is 3.66. The minimum Gasteiger partial charge on any atom is -0.395 e. The standard InChI is InChI=1S/C23H28N4O3/c1-14-4-5-17-18(22(29)25-20(17)12-14)13-19-15(2)21(16(3)24-19)23(30)27-8-6-26(7-9-27)10-11-28/h4-5,12-13,24,28H,6-11H2,1-3H3,(H,25,29)/b18-13-. The molecule has 4 rings (SSSR count). The van der Waals surface area contributed by atoms with Gasteiger partial charge in [0.15, 0.2) is 0 Å². The lowest BCUT2D eigenvalue weighted by molar-refractivity contribution is -0.110. The number of hydrogen-bond acceptors (Lipinski definition) is 4. The summed E-state index contributed by atoms with van der Waals surface area (Å²) in [5.74, 6) is -0.114. The van der Waals surface area contributed by atoms with Crippen LogP contribution in [0.3, 0.4) is 0 Å². The summed E-state index contributed by atoms with van der Waals surface area (Å²) in [5.41, 5.74) is 6.53. The van der Waals surface area contributed by atoms with E-state index in [-0.39, 0.29) is 18.4 Å². The zero-order valence-corrected chi connectivity index (χ0v) is 17.7. The molecule has 0 atom stereocenters. The summed E-state index contributed by atoms with van der Waals surface area (Å²) in [6, 6.07) is 5.91. The average molecular weight is 409 g/mol. The van der Waals surface area contributed by atoms with Gasteiger partial charge in [0.2, 0.25) is 0 Å². The summed E-state index contributed by atoms with van der Waals surface area (Å²) in [4.78, 5) is 33.1. The van der Waals surface area contributed by atoms with E-state index < -0.39 is 0 Å². The van der Waals surface area contributed by atoms with E-state index in [9.17, 15) is 9.59 Å². The summed E-state index contributed by atoms with van der Waals surface area (Å²) in [6.07, 6.45) is 1.84. The first-order chi connectivity index (χ1) is 14.4. The summed E-state index contributed by atoms with van der Waals surface area (Å²) in [7, 11) is 0. The fraction of sp³-hybridized carbons (Fsp3) is 0.391. The van der Waals surface area contributed by atoms with Gasteiger partial charge in [-0.25, -0.2) is 0 Å². The van der Waals surface area contributed by atoms with E-state index >= 15 is 0 Å². The molecule has 158 valence electrons. The average Bonchev–Trinajstić information content (AvgIpc) is 3.17. The number of hydrogen-bond donors (Lipinski definition) is 3. The summed E-state index contributed by atoms with van der Waals surface area (Å²) in [5, 5.41) is 12.0. The Labute approximate surface area is 176 Å². The first-order valence-corrected chi connectivity index (χ1v) is 10.3. The molecule has 3 heterocycles.